The van der Waals surface area contributed by atoms with Crippen molar-refractivity contribution >= 4 is 11.9 Å². The summed E-state index contributed by atoms with van der Waals surface area (Å²) in [6.07, 6.45) is 6.08. The van der Waals surface area contributed by atoms with Crippen molar-refractivity contribution in [2.75, 3.05) is 13.2 Å². The molecule has 0 saturated heterocycles. The van der Waals surface area contributed by atoms with E-state index >= 15 is 0 Å². The molecule has 0 spiro atoms. The summed E-state index contributed by atoms with van der Waals surface area (Å²) >= 11 is 0. The third kappa shape index (κ3) is 5.20. The molecule has 4 nitrogen and oxygen atoms in total. The van der Waals surface area contributed by atoms with Gasteiger partial charge >= 0.3 is 11.9 Å². The van der Waals surface area contributed by atoms with Gasteiger partial charge in [-0.1, -0.05) is 26.2 Å². The van der Waals surface area contributed by atoms with E-state index in [1.54, 1.807) is 6.92 Å². The molecule has 0 aromatic rings. The van der Waals surface area contributed by atoms with Gasteiger partial charge < -0.3 is 10.1 Å². The fourth-order valence-corrected chi connectivity index (χ4v) is 2.48. The Bertz CT molecular complexity index is 265. The molecule has 98 valence electrons. The molecule has 0 aromatic carbocycles. The van der Waals surface area contributed by atoms with Crippen LogP contribution in [0.1, 0.15) is 46.0 Å². The smallest absolute Gasteiger partial charge is 0.396 e. The first-order valence-electron chi connectivity index (χ1n) is 6.58. The monoisotopic (exact) mass is 241 g/mol. The number of carbonyl (C=O) groups excluding carboxylic acids is 2. The molecule has 1 amide bonds. The summed E-state index contributed by atoms with van der Waals surface area (Å²) < 4.78 is 4.61. The first-order valence-corrected chi connectivity index (χ1v) is 6.58. The molecule has 0 radical (unpaired) electrons. The minimum absolute atomic E-state index is 0.242. The number of rotatable bonds is 4. The maximum absolute atomic E-state index is 11.3. The van der Waals surface area contributed by atoms with E-state index in [1.165, 1.54) is 25.7 Å². The molecule has 1 fully saturated rings. The average Bonchev–Trinajstić information content (AvgIpc) is 2.29. The molecule has 0 heterocycles. The fourth-order valence-electron chi connectivity index (χ4n) is 2.48. The fraction of sp³-hybridized carbons (Fsp3) is 0.846. The first-order chi connectivity index (χ1) is 8.13. The number of nitrogens with one attached hydrogen (secondary N) is 1. The van der Waals surface area contributed by atoms with Gasteiger partial charge in [-0.2, -0.15) is 0 Å². The standard InChI is InChI=1S/C13H23NO3/c1-3-17-13(16)12(15)14-8-7-11-6-4-5-10(2)9-11/h10-11H,3-9H2,1-2H3,(H,14,15). The predicted molar refractivity (Wildman–Crippen MR) is 65.4 cm³/mol. The Morgan fingerprint density at radius 3 is 2.76 bits per heavy atom. The highest BCUT2D eigenvalue weighted by Crippen LogP contribution is 2.30. The molecule has 0 aliphatic heterocycles. The van der Waals surface area contributed by atoms with Crippen LogP contribution in [0.4, 0.5) is 0 Å². The second-order valence-electron chi connectivity index (χ2n) is 4.90. The lowest BCUT2D eigenvalue weighted by molar-refractivity contribution is -0.154. The van der Waals surface area contributed by atoms with Crippen LogP contribution in [-0.4, -0.2) is 25.0 Å². The van der Waals surface area contributed by atoms with Gasteiger partial charge in [0.25, 0.3) is 0 Å². The molecule has 4 heteroatoms. The van der Waals surface area contributed by atoms with Crippen molar-refractivity contribution in [2.24, 2.45) is 11.8 Å². The van der Waals surface area contributed by atoms with E-state index in [4.69, 9.17) is 0 Å². The summed E-state index contributed by atoms with van der Waals surface area (Å²) in [5.41, 5.74) is 0. The van der Waals surface area contributed by atoms with Gasteiger partial charge in [-0.15, -0.1) is 0 Å². The van der Waals surface area contributed by atoms with Crippen molar-refractivity contribution in [1.29, 1.82) is 0 Å². The second kappa shape index (κ2) is 7.30. The van der Waals surface area contributed by atoms with Crippen LogP contribution in [0.3, 0.4) is 0 Å². The molecule has 1 saturated carbocycles. The highest BCUT2D eigenvalue weighted by atomic mass is 16.5. The topological polar surface area (TPSA) is 55.4 Å². The van der Waals surface area contributed by atoms with Crippen LogP contribution < -0.4 is 5.32 Å². The lowest BCUT2D eigenvalue weighted by Gasteiger charge is -2.26. The predicted octanol–water partition coefficient (Wildman–Crippen LogP) is 1.88. The maximum Gasteiger partial charge on any atom is 0.396 e. The number of esters is 1. The molecule has 2 unspecified atom stereocenters. The third-order valence-corrected chi connectivity index (χ3v) is 3.34. The van der Waals surface area contributed by atoms with Gasteiger partial charge in [-0.3, -0.25) is 4.79 Å². The van der Waals surface area contributed by atoms with Gasteiger partial charge in [-0.25, -0.2) is 4.79 Å². The summed E-state index contributed by atoms with van der Waals surface area (Å²) in [4.78, 5) is 22.3. The molecule has 0 bridgehead atoms. The Morgan fingerprint density at radius 2 is 2.12 bits per heavy atom. The summed E-state index contributed by atoms with van der Waals surface area (Å²) in [6, 6.07) is 0. The Kier molecular flexibility index (Phi) is 6.01. The lowest BCUT2D eigenvalue weighted by atomic mass is 9.81. The Morgan fingerprint density at radius 1 is 1.35 bits per heavy atom. The molecule has 1 aliphatic carbocycles. The normalized spacial score (nSPS) is 24.1. The molecule has 1 N–H and O–H groups in total. The van der Waals surface area contributed by atoms with E-state index in [0.717, 1.165) is 12.3 Å². The van der Waals surface area contributed by atoms with Crippen molar-refractivity contribution in [1.82, 2.24) is 5.32 Å². The van der Waals surface area contributed by atoms with Crippen LogP contribution >= 0.6 is 0 Å². The quantitative estimate of drug-likeness (QED) is 0.604. The number of hydrogen-bond acceptors (Lipinski definition) is 3. The minimum Gasteiger partial charge on any atom is -0.459 e. The van der Waals surface area contributed by atoms with Crippen LogP contribution in [0.15, 0.2) is 0 Å². The van der Waals surface area contributed by atoms with Gasteiger partial charge in [-0.05, 0) is 31.6 Å². The van der Waals surface area contributed by atoms with Crippen LogP contribution in [0.5, 0.6) is 0 Å². The molecular weight excluding hydrogens is 218 g/mol. The summed E-state index contributed by atoms with van der Waals surface area (Å²) in [7, 11) is 0. The average molecular weight is 241 g/mol. The summed E-state index contributed by atoms with van der Waals surface area (Å²) in [6.45, 7) is 4.79. The van der Waals surface area contributed by atoms with E-state index in [9.17, 15) is 9.59 Å². The Balaban J connectivity index is 2.14. The summed E-state index contributed by atoms with van der Waals surface area (Å²) in [5.74, 6) is 0.107. The zero-order valence-electron chi connectivity index (χ0n) is 10.8. The van der Waals surface area contributed by atoms with E-state index in [1.807, 2.05) is 0 Å². The van der Waals surface area contributed by atoms with Crippen LogP contribution in [-0.2, 0) is 14.3 Å². The third-order valence-electron chi connectivity index (χ3n) is 3.34. The van der Waals surface area contributed by atoms with Crippen molar-refractivity contribution in [2.45, 2.75) is 46.0 Å². The van der Waals surface area contributed by atoms with Gasteiger partial charge in [0.05, 0.1) is 6.61 Å². The number of ether oxygens (including phenoxy) is 1. The first kappa shape index (κ1) is 14.0. The molecule has 1 rings (SSSR count). The molecule has 0 aromatic heterocycles. The van der Waals surface area contributed by atoms with Crippen LogP contribution in [0.2, 0.25) is 0 Å². The van der Waals surface area contributed by atoms with Crippen LogP contribution in [0, 0.1) is 11.8 Å². The molecule has 1 aliphatic rings. The highest BCUT2D eigenvalue weighted by Gasteiger charge is 2.19. The van der Waals surface area contributed by atoms with E-state index in [0.29, 0.717) is 12.5 Å². The van der Waals surface area contributed by atoms with Gasteiger partial charge in [0.15, 0.2) is 0 Å². The molecule has 2 atom stereocenters. The van der Waals surface area contributed by atoms with Gasteiger partial charge in [0, 0.05) is 6.54 Å². The van der Waals surface area contributed by atoms with Crippen LogP contribution in [0.25, 0.3) is 0 Å². The lowest BCUT2D eigenvalue weighted by Crippen LogP contribution is -2.34. The van der Waals surface area contributed by atoms with Crippen molar-refractivity contribution < 1.29 is 14.3 Å². The van der Waals surface area contributed by atoms with Crippen molar-refractivity contribution in [3.8, 4) is 0 Å². The second-order valence-corrected chi connectivity index (χ2v) is 4.90. The van der Waals surface area contributed by atoms with Gasteiger partial charge in [0.1, 0.15) is 0 Å². The summed E-state index contributed by atoms with van der Waals surface area (Å²) in [5, 5.41) is 2.62. The van der Waals surface area contributed by atoms with E-state index in [2.05, 4.69) is 17.0 Å². The van der Waals surface area contributed by atoms with Gasteiger partial charge in [0.2, 0.25) is 0 Å². The van der Waals surface area contributed by atoms with Crippen molar-refractivity contribution in [3.05, 3.63) is 0 Å². The van der Waals surface area contributed by atoms with Crippen molar-refractivity contribution in [3.63, 3.8) is 0 Å². The number of amides is 1. The minimum atomic E-state index is -0.774. The Labute approximate surface area is 103 Å². The molecule has 17 heavy (non-hydrogen) atoms. The maximum atomic E-state index is 11.3. The SMILES string of the molecule is CCOC(=O)C(=O)NCCC1CCCC(C)C1. The van der Waals surface area contributed by atoms with E-state index < -0.39 is 11.9 Å². The largest absolute Gasteiger partial charge is 0.459 e. The zero-order chi connectivity index (χ0) is 12.7. The number of hydrogen-bond donors (Lipinski definition) is 1. The molecular formula is C13H23NO3. The highest BCUT2D eigenvalue weighted by molar-refractivity contribution is 6.32. The zero-order valence-corrected chi connectivity index (χ0v) is 10.8. The Hall–Kier alpha value is -1.06. The van der Waals surface area contributed by atoms with E-state index in [-0.39, 0.29) is 6.61 Å². The number of carbonyl (C=O) groups is 2.